The number of aromatic nitrogens is 3. The smallest absolute Gasteiger partial charge is 0.176 e. The Morgan fingerprint density at radius 3 is 2.97 bits per heavy atom. The Morgan fingerprint density at radius 2 is 2.23 bits per heavy atom. The number of Topliss-reactive ketones (excluding diaryl/α,β-unsaturated/α-hetero) is 1. The zero-order chi connectivity index (χ0) is 20.9. The molecule has 4 heterocycles. The molecule has 0 aromatic carbocycles. The first kappa shape index (κ1) is 21.1. The summed E-state index contributed by atoms with van der Waals surface area (Å²) in [6.07, 6.45) is 5.38. The van der Waals surface area contributed by atoms with E-state index < -0.39 is 0 Å². The first-order valence-electron chi connectivity index (χ1n) is 11.0. The van der Waals surface area contributed by atoms with E-state index in [9.17, 15) is 4.79 Å². The van der Waals surface area contributed by atoms with E-state index in [1.54, 1.807) is 0 Å². The van der Waals surface area contributed by atoms with E-state index in [2.05, 4.69) is 27.3 Å². The fraction of sp³-hybridized carbons (Fsp3) is 0.636. The second kappa shape index (κ2) is 9.76. The number of carbonyl (C=O) groups is 1. The van der Waals surface area contributed by atoms with Crippen LogP contribution in [0.4, 0.5) is 0 Å². The van der Waals surface area contributed by atoms with Gasteiger partial charge in [-0.25, -0.2) is 9.97 Å². The topological polar surface area (TPSA) is 93.4 Å². The van der Waals surface area contributed by atoms with Crippen LogP contribution in [0.5, 0.6) is 0 Å². The van der Waals surface area contributed by atoms with Gasteiger partial charge in [0, 0.05) is 37.7 Å². The number of likely N-dealkylation sites (tertiary alicyclic amines) is 1. The summed E-state index contributed by atoms with van der Waals surface area (Å²) in [6, 6.07) is 1.94. The fourth-order valence-electron chi connectivity index (χ4n) is 4.28. The fourth-order valence-corrected chi connectivity index (χ4v) is 4.28. The number of nitrogens with zero attached hydrogens (tertiary/aromatic N) is 4. The maximum absolute atomic E-state index is 12.6. The van der Waals surface area contributed by atoms with Crippen LogP contribution in [0.25, 0.3) is 11.3 Å². The van der Waals surface area contributed by atoms with E-state index in [0.717, 1.165) is 73.9 Å². The molecule has 0 saturated carbocycles. The highest BCUT2D eigenvalue weighted by Crippen LogP contribution is 2.34. The Labute approximate surface area is 177 Å². The molecule has 2 aliphatic heterocycles. The molecule has 162 valence electrons. The summed E-state index contributed by atoms with van der Waals surface area (Å²) in [4.78, 5) is 24.3. The highest BCUT2D eigenvalue weighted by atomic mass is 16.5. The van der Waals surface area contributed by atoms with Crippen molar-refractivity contribution in [3.63, 3.8) is 0 Å². The Bertz CT molecular complexity index is 862. The van der Waals surface area contributed by atoms with Crippen LogP contribution in [-0.4, -0.2) is 71.2 Å². The van der Waals surface area contributed by atoms with Gasteiger partial charge in [-0.05, 0) is 39.3 Å². The first-order valence-corrected chi connectivity index (χ1v) is 11.0. The number of carbonyl (C=O) groups excluding carboxylic acids is 1. The lowest BCUT2D eigenvalue weighted by atomic mass is 9.92. The largest absolute Gasteiger partial charge is 0.368 e. The molecule has 8 heteroatoms. The monoisotopic (exact) mass is 413 g/mol. The van der Waals surface area contributed by atoms with Gasteiger partial charge < -0.3 is 14.6 Å². The molecule has 2 aliphatic rings. The van der Waals surface area contributed by atoms with E-state index in [1.807, 2.05) is 19.2 Å². The van der Waals surface area contributed by atoms with Gasteiger partial charge in [-0.2, -0.15) is 0 Å². The van der Waals surface area contributed by atoms with Gasteiger partial charge in [-0.1, -0.05) is 12.1 Å². The second-order valence-electron chi connectivity index (χ2n) is 8.21. The van der Waals surface area contributed by atoms with Crippen LogP contribution in [0.1, 0.15) is 49.3 Å². The third-order valence-corrected chi connectivity index (χ3v) is 5.95. The number of hydrogen-bond donors (Lipinski definition) is 1. The van der Waals surface area contributed by atoms with Crippen LogP contribution >= 0.6 is 0 Å². The van der Waals surface area contributed by atoms with Crippen LogP contribution in [0, 0.1) is 6.92 Å². The molecule has 0 amide bonds. The molecular weight excluding hydrogens is 382 g/mol. The van der Waals surface area contributed by atoms with Crippen molar-refractivity contribution in [3.05, 3.63) is 29.5 Å². The summed E-state index contributed by atoms with van der Waals surface area (Å²) in [5.41, 5.74) is 2.83. The van der Waals surface area contributed by atoms with E-state index in [4.69, 9.17) is 14.2 Å². The molecule has 8 nitrogen and oxygen atoms in total. The lowest BCUT2D eigenvalue weighted by Gasteiger charge is -2.26. The van der Waals surface area contributed by atoms with Crippen molar-refractivity contribution < 1.29 is 14.1 Å². The minimum Gasteiger partial charge on any atom is -0.368 e. The van der Waals surface area contributed by atoms with Crippen molar-refractivity contribution in [2.75, 3.05) is 39.3 Å². The van der Waals surface area contributed by atoms with Gasteiger partial charge in [0.25, 0.3) is 0 Å². The van der Waals surface area contributed by atoms with E-state index in [0.29, 0.717) is 25.6 Å². The number of aryl methyl sites for hydroxylation is 2. The van der Waals surface area contributed by atoms with Crippen molar-refractivity contribution in [2.45, 2.75) is 51.6 Å². The van der Waals surface area contributed by atoms with Gasteiger partial charge in [-0.15, -0.1) is 0 Å². The second-order valence-corrected chi connectivity index (χ2v) is 8.21. The van der Waals surface area contributed by atoms with Crippen molar-refractivity contribution in [3.8, 4) is 11.3 Å². The molecule has 0 bridgehead atoms. The molecule has 2 aromatic heterocycles. The molecule has 2 fully saturated rings. The average Bonchev–Trinajstić information content (AvgIpc) is 3.08. The molecule has 0 aliphatic carbocycles. The molecular formula is C22H31N5O3. The number of rotatable bonds is 6. The molecule has 0 spiro atoms. The Balaban J connectivity index is 1.46. The minimum atomic E-state index is -0.312. The number of nitrogens with one attached hydrogen (secondary N) is 1. The van der Waals surface area contributed by atoms with Crippen molar-refractivity contribution >= 4 is 5.78 Å². The molecule has 30 heavy (non-hydrogen) atoms. The summed E-state index contributed by atoms with van der Waals surface area (Å²) in [5.74, 6) is 2.06. The molecule has 2 aromatic rings. The molecule has 0 radical (unpaired) electrons. The number of ketones is 1. The van der Waals surface area contributed by atoms with E-state index in [1.165, 1.54) is 0 Å². The minimum absolute atomic E-state index is 0.175. The summed E-state index contributed by atoms with van der Waals surface area (Å²) >= 11 is 0. The SMILES string of the molecule is CCc1ncc(-c2cc(C)no2)c(C2CCCN(CC(=O)[C@H]3CNCCO3)CC2)n1. The van der Waals surface area contributed by atoms with Crippen LogP contribution in [0.15, 0.2) is 16.8 Å². The number of morpholine rings is 1. The lowest BCUT2D eigenvalue weighted by Crippen LogP contribution is -2.46. The Hall–Kier alpha value is -2.16. The maximum Gasteiger partial charge on any atom is 0.176 e. The van der Waals surface area contributed by atoms with Gasteiger partial charge in [-0.3, -0.25) is 9.69 Å². The first-order chi connectivity index (χ1) is 14.6. The zero-order valence-electron chi connectivity index (χ0n) is 17.9. The number of hydrogen-bond acceptors (Lipinski definition) is 8. The predicted molar refractivity (Wildman–Crippen MR) is 112 cm³/mol. The van der Waals surface area contributed by atoms with E-state index in [-0.39, 0.29) is 11.9 Å². The van der Waals surface area contributed by atoms with Crippen molar-refractivity contribution in [1.82, 2.24) is 25.3 Å². The quantitative estimate of drug-likeness (QED) is 0.770. The molecule has 1 unspecified atom stereocenters. The van der Waals surface area contributed by atoms with Crippen LogP contribution in [0.2, 0.25) is 0 Å². The Morgan fingerprint density at radius 1 is 1.33 bits per heavy atom. The summed E-state index contributed by atoms with van der Waals surface area (Å²) in [5, 5.41) is 7.27. The molecule has 4 rings (SSSR count). The van der Waals surface area contributed by atoms with Gasteiger partial charge in [0.2, 0.25) is 0 Å². The molecule has 1 N–H and O–H groups in total. The molecule has 2 saturated heterocycles. The normalized spacial score (nSPS) is 23.3. The third kappa shape index (κ3) is 4.94. The summed E-state index contributed by atoms with van der Waals surface area (Å²) < 4.78 is 11.1. The zero-order valence-corrected chi connectivity index (χ0v) is 17.9. The summed E-state index contributed by atoms with van der Waals surface area (Å²) in [6.45, 7) is 8.28. The average molecular weight is 414 g/mol. The third-order valence-electron chi connectivity index (χ3n) is 5.95. The van der Waals surface area contributed by atoms with E-state index >= 15 is 0 Å². The highest BCUT2D eigenvalue weighted by molar-refractivity contribution is 5.85. The van der Waals surface area contributed by atoms with Gasteiger partial charge >= 0.3 is 0 Å². The highest BCUT2D eigenvalue weighted by Gasteiger charge is 2.27. The van der Waals surface area contributed by atoms with Gasteiger partial charge in [0.05, 0.1) is 30.1 Å². The standard InChI is InChI=1S/C22H31N5O3/c1-3-21-24-12-17(19-11-15(2)26-30-19)22(25-21)16-5-4-8-27(9-6-16)14-18(28)20-13-23-7-10-29-20/h11-12,16,20,23H,3-10,13-14H2,1-2H3/t16?,20-/m1/s1. The maximum atomic E-state index is 12.6. The number of ether oxygens (including phenoxy) is 1. The van der Waals surface area contributed by atoms with Crippen molar-refractivity contribution in [1.29, 1.82) is 0 Å². The summed E-state index contributed by atoms with van der Waals surface area (Å²) in [7, 11) is 0. The van der Waals surface area contributed by atoms with Crippen LogP contribution in [-0.2, 0) is 16.0 Å². The molecule has 2 atom stereocenters. The predicted octanol–water partition coefficient (Wildman–Crippen LogP) is 2.13. The van der Waals surface area contributed by atoms with Crippen molar-refractivity contribution in [2.24, 2.45) is 0 Å². The van der Waals surface area contributed by atoms with Crippen LogP contribution in [0.3, 0.4) is 0 Å². The lowest BCUT2D eigenvalue weighted by molar-refractivity contribution is -0.133. The van der Waals surface area contributed by atoms with Crippen LogP contribution < -0.4 is 5.32 Å². The van der Waals surface area contributed by atoms with Gasteiger partial charge in [0.15, 0.2) is 11.5 Å². The van der Waals surface area contributed by atoms with Gasteiger partial charge in [0.1, 0.15) is 11.9 Å². The Kier molecular flexibility index (Phi) is 6.86.